The van der Waals surface area contributed by atoms with Gasteiger partial charge >= 0.3 is 0 Å². The lowest BCUT2D eigenvalue weighted by atomic mass is 10.3. The van der Waals surface area contributed by atoms with Gasteiger partial charge in [-0.2, -0.15) is 0 Å². The Bertz CT molecular complexity index is 518. The molecular formula is C10H9Br2N3OS. The lowest BCUT2D eigenvalue weighted by Crippen LogP contribution is -2.05. The molecule has 0 unspecified atom stereocenters. The monoisotopic (exact) mass is 377 g/mol. The van der Waals surface area contributed by atoms with Crippen LogP contribution in [0.25, 0.3) is 0 Å². The molecule has 0 spiro atoms. The van der Waals surface area contributed by atoms with Crippen LogP contribution in [0.4, 0.5) is 5.13 Å². The van der Waals surface area contributed by atoms with Gasteiger partial charge in [0.2, 0.25) is 0 Å². The van der Waals surface area contributed by atoms with Crippen LogP contribution >= 0.6 is 43.2 Å². The van der Waals surface area contributed by atoms with E-state index in [0.29, 0.717) is 11.7 Å². The number of hydrogen-bond donors (Lipinski definition) is 2. The SMILES string of the molecule is NNc1ncc(COc2ccc(Br)cc2Br)s1. The molecule has 1 aromatic carbocycles. The van der Waals surface area contributed by atoms with Crippen LogP contribution in [0.1, 0.15) is 4.88 Å². The van der Waals surface area contributed by atoms with E-state index in [1.54, 1.807) is 6.20 Å². The molecule has 0 aliphatic carbocycles. The standard InChI is InChI=1S/C10H9Br2N3OS/c11-6-1-2-9(8(12)3-6)16-5-7-4-14-10(15-13)17-7/h1-4H,5,13H2,(H,14,15). The van der Waals surface area contributed by atoms with Crippen LogP contribution in [-0.4, -0.2) is 4.98 Å². The van der Waals surface area contributed by atoms with Gasteiger partial charge < -0.3 is 4.74 Å². The number of benzene rings is 1. The number of thiazole rings is 1. The van der Waals surface area contributed by atoms with Gasteiger partial charge in [0.05, 0.1) is 9.35 Å². The van der Waals surface area contributed by atoms with Crippen molar-refractivity contribution in [1.82, 2.24) is 4.98 Å². The van der Waals surface area contributed by atoms with Crippen LogP contribution in [0.2, 0.25) is 0 Å². The summed E-state index contributed by atoms with van der Waals surface area (Å²) in [5, 5.41) is 0.679. The van der Waals surface area contributed by atoms with Crippen molar-refractivity contribution in [3.8, 4) is 5.75 Å². The van der Waals surface area contributed by atoms with Crippen LogP contribution in [0.3, 0.4) is 0 Å². The third-order valence-corrected chi connectivity index (χ3v) is 3.96. The first-order valence-corrected chi connectivity index (χ1v) is 7.08. The molecule has 7 heteroatoms. The summed E-state index contributed by atoms with van der Waals surface area (Å²) in [5.74, 6) is 6.05. The van der Waals surface area contributed by atoms with Gasteiger partial charge in [0.1, 0.15) is 12.4 Å². The molecule has 4 nitrogen and oxygen atoms in total. The van der Waals surface area contributed by atoms with Crippen molar-refractivity contribution in [3.63, 3.8) is 0 Å². The number of aromatic nitrogens is 1. The zero-order chi connectivity index (χ0) is 12.3. The molecular weight excluding hydrogens is 370 g/mol. The third kappa shape index (κ3) is 3.41. The van der Waals surface area contributed by atoms with Crippen LogP contribution < -0.4 is 16.0 Å². The molecule has 90 valence electrons. The van der Waals surface area contributed by atoms with E-state index in [0.717, 1.165) is 19.6 Å². The molecule has 0 saturated carbocycles. The number of rotatable bonds is 4. The summed E-state index contributed by atoms with van der Waals surface area (Å²) in [7, 11) is 0. The van der Waals surface area contributed by atoms with Crippen molar-refractivity contribution in [2.45, 2.75) is 6.61 Å². The lowest BCUT2D eigenvalue weighted by Gasteiger charge is -2.06. The zero-order valence-electron chi connectivity index (χ0n) is 8.61. The summed E-state index contributed by atoms with van der Waals surface area (Å²) in [6, 6.07) is 5.77. The van der Waals surface area contributed by atoms with Gasteiger partial charge in [-0.15, -0.1) is 0 Å². The number of nitrogens with zero attached hydrogens (tertiary/aromatic N) is 1. The minimum atomic E-state index is 0.472. The van der Waals surface area contributed by atoms with E-state index in [4.69, 9.17) is 10.6 Å². The average Bonchev–Trinajstić information content (AvgIpc) is 2.76. The highest BCUT2D eigenvalue weighted by molar-refractivity contribution is 9.11. The van der Waals surface area contributed by atoms with E-state index in [9.17, 15) is 0 Å². The van der Waals surface area contributed by atoms with Crippen LogP contribution in [-0.2, 0) is 6.61 Å². The average molecular weight is 379 g/mol. The quantitative estimate of drug-likeness (QED) is 0.631. The summed E-state index contributed by atoms with van der Waals surface area (Å²) >= 11 is 8.29. The second-order valence-corrected chi connectivity index (χ2v) is 6.02. The number of hydrogen-bond acceptors (Lipinski definition) is 5. The van der Waals surface area contributed by atoms with Gasteiger partial charge in [-0.05, 0) is 34.1 Å². The van der Waals surface area contributed by atoms with Gasteiger partial charge in [-0.1, -0.05) is 27.3 Å². The molecule has 0 saturated heterocycles. The smallest absolute Gasteiger partial charge is 0.197 e. The van der Waals surface area contributed by atoms with Crippen LogP contribution in [0, 0.1) is 0 Å². The van der Waals surface area contributed by atoms with Gasteiger partial charge in [0.25, 0.3) is 0 Å². The number of halogens is 2. The molecule has 0 bridgehead atoms. The highest BCUT2D eigenvalue weighted by Gasteiger charge is 2.04. The van der Waals surface area contributed by atoms with Gasteiger partial charge in [0.15, 0.2) is 5.13 Å². The molecule has 2 rings (SSSR count). The van der Waals surface area contributed by atoms with Crippen molar-refractivity contribution in [2.75, 3.05) is 5.43 Å². The molecule has 17 heavy (non-hydrogen) atoms. The number of anilines is 1. The summed E-state index contributed by atoms with van der Waals surface area (Å²) in [6.45, 7) is 0.472. The van der Waals surface area contributed by atoms with Crippen molar-refractivity contribution in [3.05, 3.63) is 38.2 Å². The zero-order valence-corrected chi connectivity index (χ0v) is 12.6. The minimum Gasteiger partial charge on any atom is -0.487 e. The van der Waals surface area contributed by atoms with Crippen LogP contribution in [0.5, 0.6) is 5.75 Å². The van der Waals surface area contributed by atoms with Gasteiger partial charge in [-0.25, -0.2) is 10.8 Å². The summed E-state index contributed by atoms with van der Waals surface area (Å²) in [6.07, 6.45) is 1.74. The van der Waals surface area contributed by atoms with E-state index in [1.807, 2.05) is 18.2 Å². The fourth-order valence-electron chi connectivity index (χ4n) is 1.18. The number of nitrogens with one attached hydrogen (secondary N) is 1. The first kappa shape index (κ1) is 12.8. The molecule has 0 amide bonds. The van der Waals surface area contributed by atoms with Crippen LogP contribution in [0.15, 0.2) is 33.3 Å². The largest absolute Gasteiger partial charge is 0.487 e. The molecule has 0 aliphatic heterocycles. The fourth-order valence-corrected chi connectivity index (χ4v) is 2.98. The number of hydrazine groups is 1. The van der Waals surface area contributed by atoms with Crippen molar-refractivity contribution in [2.24, 2.45) is 5.84 Å². The van der Waals surface area contributed by atoms with E-state index in [2.05, 4.69) is 42.3 Å². The second-order valence-electron chi connectivity index (χ2n) is 3.14. The Kier molecular flexibility index (Phi) is 4.38. The molecule has 2 aromatic rings. The van der Waals surface area contributed by atoms with Crippen molar-refractivity contribution < 1.29 is 4.74 Å². The normalized spacial score (nSPS) is 10.3. The molecule has 0 atom stereocenters. The molecule has 1 aromatic heterocycles. The Morgan fingerprint density at radius 3 is 2.88 bits per heavy atom. The Balaban J connectivity index is 2.02. The fraction of sp³-hybridized carbons (Fsp3) is 0.100. The Labute approximate surface area is 119 Å². The highest BCUT2D eigenvalue weighted by Crippen LogP contribution is 2.29. The maximum absolute atomic E-state index is 5.67. The van der Waals surface area contributed by atoms with E-state index >= 15 is 0 Å². The Morgan fingerprint density at radius 1 is 1.41 bits per heavy atom. The first-order valence-electron chi connectivity index (χ1n) is 4.68. The lowest BCUT2D eigenvalue weighted by molar-refractivity contribution is 0.307. The molecule has 0 aliphatic rings. The van der Waals surface area contributed by atoms with E-state index in [1.165, 1.54) is 11.3 Å². The molecule has 0 radical (unpaired) electrons. The van der Waals surface area contributed by atoms with Crippen molar-refractivity contribution in [1.29, 1.82) is 0 Å². The second kappa shape index (κ2) is 5.81. The first-order chi connectivity index (χ1) is 8.19. The van der Waals surface area contributed by atoms with E-state index < -0.39 is 0 Å². The Morgan fingerprint density at radius 2 is 2.24 bits per heavy atom. The Hall–Kier alpha value is -0.630. The number of ether oxygens (including phenoxy) is 1. The number of nitrogen functional groups attached to an aromatic ring is 1. The maximum Gasteiger partial charge on any atom is 0.197 e. The summed E-state index contributed by atoms with van der Waals surface area (Å²) in [5.41, 5.74) is 2.50. The predicted octanol–water partition coefficient (Wildman–Crippen LogP) is 3.53. The topological polar surface area (TPSA) is 60.2 Å². The highest BCUT2D eigenvalue weighted by atomic mass is 79.9. The predicted molar refractivity (Wildman–Crippen MR) is 76.1 cm³/mol. The molecule has 0 fully saturated rings. The minimum absolute atomic E-state index is 0.472. The number of nitrogens with two attached hydrogens (primary N) is 1. The maximum atomic E-state index is 5.67. The summed E-state index contributed by atoms with van der Waals surface area (Å²) < 4.78 is 7.58. The van der Waals surface area contributed by atoms with Gasteiger partial charge in [0, 0.05) is 10.7 Å². The summed E-state index contributed by atoms with van der Waals surface area (Å²) in [4.78, 5) is 5.07. The molecule has 1 heterocycles. The van der Waals surface area contributed by atoms with Crippen molar-refractivity contribution >= 4 is 48.3 Å². The van der Waals surface area contributed by atoms with Gasteiger partial charge in [-0.3, -0.25) is 5.43 Å². The van der Waals surface area contributed by atoms with E-state index in [-0.39, 0.29) is 0 Å². The molecule has 3 N–H and O–H groups in total. The third-order valence-electron chi connectivity index (χ3n) is 1.94.